The van der Waals surface area contributed by atoms with Gasteiger partial charge in [0.05, 0.1) is 12.6 Å². The normalized spacial score (nSPS) is 14.4. The van der Waals surface area contributed by atoms with Gasteiger partial charge in [-0.3, -0.25) is 4.79 Å². The summed E-state index contributed by atoms with van der Waals surface area (Å²) in [6.45, 7) is 1.89. The highest BCUT2D eigenvalue weighted by atomic mass is 35.5. The number of rotatable bonds is 5. The van der Waals surface area contributed by atoms with Crippen molar-refractivity contribution in [3.63, 3.8) is 0 Å². The Morgan fingerprint density at radius 1 is 1.00 bits per heavy atom. The van der Waals surface area contributed by atoms with Crippen molar-refractivity contribution in [2.24, 2.45) is 5.73 Å². The quantitative estimate of drug-likeness (QED) is 0.700. The lowest BCUT2D eigenvalue weighted by Crippen LogP contribution is -2.45. The van der Waals surface area contributed by atoms with Crippen LogP contribution < -0.4 is 5.73 Å². The van der Waals surface area contributed by atoms with Crippen LogP contribution in [0.2, 0.25) is 0 Å². The molecular weight excluding hydrogens is 386 g/mol. The molecule has 0 unspecified atom stereocenters. The Hall–Kier alpha value is -2.70. The van der Waals surface area contributed by atoms with Gasteiger partial charge in [0.2, 0.25) is 5.91 Å². The van der Waals surface area contributed by atoms with E-state index in [4.69, 9.17) is 5.73 Å². The number of carbonyl (C=O) groups excluding carboxylic acids is 1. The Morgan fingerprint density at radius 3 is 2.41 bits per heavy atom. The molecule has 3 aromatic rings. The summed E-state index contributed by atoms with van der Waals surface area (Å²) in [5, 5.41) is 4.63. The average molecular weight is 412 g/mol. The maximum Gasteiger partial charge on any atom is 0.239 e. The molecule has 2 N–H and O–H groups in total. The first kappa shape index (κ1) is 21.0. The van der Waals surface area contributed by atoms with E-state index in [9.17, 15) is 4.79 Å². The number of aromatic nitrogens is 3. The summed E-state index contributed by atoms with van der Waals surface area (Å²) in [6.07, 6.45) is 2.16. The van der Waals surface area contributed by atoms with Crippen molar-refractivity contribution in [3.05, 3.63) is 72.1 Å². The molecule has 152 valence electrons. The number of halogens is 1. The maximum atomic E-state index is 12.8. The highest BCUT2D eigenvalue weighted by Gasteiger charge is 2.24. The van der Waals surface area contributed by atoms with Crippen molar-refractivity contribution in [1.29, 1.82) is 0 Å². The molecular formula is C22H26ClN5O. The second-order valence-electron chi connectivity index (χ2n) is 7.15. The number of hydrogen-bond acceptors (Lipinski definition) is 4. The van der Waals surface area contributed by atoms with E-state index in [2.05, 4.69) is 22.2 Å². The van der Waals surface area contributed by atoms with Crippen LogP contribution in [-0.2, 0) is 24.2 Å². The van der Waals surface area contributed by atoms with Gasteiger partial charge in [-0.1, -0.05) is 60.7 Å². The summed E-state index contributed by atoms with van der Waals surface area (Å²) in [7, 11) is 0. The Balaban J connectivity index is 0.00000240. The van der Waals surface area contributed by atoms with Gasteiger partial charge in [-0.05, 0) is 18.4 Å². The number of nitrogens with zero attached hydrogens (tertiary/aromatic N) is 4. The highest BCUT2D eigenvalue weighted by Crippen LogP contribution is 2.17. The first-order valence-corrected chi connectivity index (χ1v) is 9.78. The van der Waals surface area contributed by atoms with Gasteiger partial charge in [-0.25, -0.2) is 9.67 Å². The highest BCUT2D eigenvalue weighted by molar-refractivity contribution is 5.85. The zero-order valence-corrected chi connectivity index (χ0v) is 17.1. The zero-order chi connectivity index (χ0) is 19.3. The molecule has 1 aliphatic heterocycles. The van der Waals surface area contributed by atoms with Crippen molar-refractivity contribution >= 4 is 18.3 Å². The molecule has 0 spiro atoms. The van der Waals surface area contributed by atoms with Gasteiger partial charge in [0.1, 0.15) is 5.82 Å². The van der Waals surface area contributed by atoms with Crippen molar-refractivity contribution in [3.8, 4) is 11.4 Å². The van der Waals surface area contributed by atoms with Gasteiger partial charge in [-0.2, -0.15) is 5.10 Å². The molecule has 29 heavy (non-hydrogen) atoms. The van der Waals surface area contributed by atoms with E-state index in [0.29, 0.717) is 32.5 Å². The smallest absolute Gasteiger partial charge is 0.239 e. The van der Waals surface area contributed by atoms with Gasteiger partial charge in [0, 0.05) is 25.1 Å². The van der Waals surface area contributed by atoms with E-state index in [1.165, 1.54) is 5.56 Å². The molecule has 0 aliphatic carbocycles. The molecule has 1 atom stereocenters. The van der Waals surface area contributed by atoms with Crippen LogP contribution in [-0.4, -0.2) is 44.7 Å². The summed E-state index contributed by atoms with van der Waals surface area (Å²) >= 11 is 0. The number of amides is 1. The molecule has 0 saturated carbocycles. The van der Waals surface area contributed by atoms with Gasteiger partial charge in [0.15, 0.2) is 5.82 Å². The van der Waals surface area contributed by atoms with Crippen LogP contribution in [0.15, 0.2) is 60.7 Å². The third-order valence-corrected chi connectivity index (χ3v) is 5.18. The first-order chi connectivity index (χ1) is 13.7. The number of aryl methyl sites for hydroxylation is 1. The van der Waals surface area contributed by atoms with Crippen LogP contribution in [0.25, 0.3) is 11.4 Å². The van der Waals surface area contributed by atoms with Crippen LogP contribution in [0, 0.1) is 0 Å². The van der Waals surface area contributed by atoms with E-state index < -0.39 is 6.04 Å². The molecule has 0 radical (unpaired) electrons. The van der Waals surface area contributed by atoms with E-state index in [0.717, 1.165) is 23.6 Å². The maximum absolute atomic E-state index is 12.8. The second kappa shape index (κ2) is 9.67. The predicted octanol–water partition coefficient (Wildman–Crippen LogP) is 2.71. The summed E-state index contributed by atoms with van der Waals surface area (Å²) in [5.41, 5.74) is 8.42. The molecule has 7 heteroatoms. The first-order valence-electron chi connectivity index (χ1n) is 9.78. The largest absolute Gasteiger partial charge is 0.339 e. The Morgan fingerprint density at radius 2 is 1.69 bits per heavy atom. The number of fused-ring (bicyclic) bond motifs is 1. The lowest BCUT2D eigenvalue weighted by Gasteiger charge is -2.23. The van der Waals surface area contributed by atoms with Crippen molar-refractivity contribution in [2.75, 3.05) is 13.1 Å². The molecule has 0 saturated heterocycles. The lowest BCUT2D eigenvalue weighted by molar-refractivity contribution is -0.132. The minimum Gasteiger partial charge on any atom is -0.339 e. The van der Waals surface area contributed by atoms with Gasteiger partial charge in [-0.15, -0.1) is 12.4 Å². The van der Waals surface area contributed by atoms with E-state index >= 15 is 0 Å². The van der Waals surface area contributed by atoms with Crippen LogP contribution in [0.5, 0.6) is 0 Å². The molecule has 0 fully saturated rings. The molecule has 1 aliphatic rings. The van der Waals surface area contributed by atoms with E-state index in [1.807, 2.05) is 58.1 Å². The predicted molar refractivity (Wildman–Crippen MR) is 116 cm³/mol. The number of benzene rings is 2. The number of nitrogens with two attached hydrogens (primary N) is 1. The SMILES string of the molecule is Cl.N[C@@H](CCc1ccccc1)C(=O)N1CCc2nc(-c3ccccc3)nn2CC1. The third-order valence-electron chi connectivity index (χ3n) is 5.18. The molecule has 6 nitrogen and oxygen atoms in total. The second-order valence-corrected chi connectivity index (χ2v) is 7.15. The van der Waals surface area contributed by atoms with Crippen LogP contribution in [0.4, 0.5) is 0 Å². The summed E-state index contributed by atoms with van der Waals surface area (Å²) in [5.74, 6) is 1.69. The average Bonchev–Trinajstić information content (AvgIpc) is 3.06. The van der Waals surface area contributed by atoms with E-state index in [1.54, 1.807) is 0 Å². The molecule has 4 rings (SSSR count). The summed E-state index contributed by atoms with van der Waals surface area (Å²) in [6, 6.07) is 19.6. The number of hydrogen-bond donors (Lipinski definition) is 1. The topological polar surface area (TPSA) is 77.0 Å². The summed E-state index contributed by atoms with van der Waals surface area (Å²) in [4.78, 5) is 19.3. The minimum atomic E-state index is -0.474. The summed E-state index contributed by atoms with van der Waals surface area (Å²) < 4.78 is 1.92. The Bertz CT molecular complexity index is 903. The fraction of sp³-hybridized carbons (Fsp3) is 0.318. The fourth-order valence-electron chi connectivity index (χ4n) is 3.56. The zero-order valence-electron chi connectivity index (χ0n) is 16.3. The molecule has 2 aromatic carbocycles. The van der Waals surface area contributed by atoms with Crippen LogP contribution in [0.1, 0.15) is 17.8 Å². The lowest BCUT2D eigenvalue weighted by atomic mass is 10.0. The monoisotopic (exact) mass is 411 g/mol. The molecule has 1 amide bonds. The van der Waals surface area contributed by atoms with Crippen LogP contribution >= 0.6 is 12.4 Å². The Kier molecular flexibility index (Phi) is 7.01. The van der Waals surface area contributed by atoms with Crippen LogP contribution in [0.3, 0.4) is 0 Å². The van der Waals surface area contributed by atoms with Crippen molar-refractivity contribution < 1.29 is 4.79 Å². The van der Waals surface area contributed by atoms with Gasteiger partial charge >= 0.3 is 0 Å². The molecule has 1 aromatic heterocycles. The van der Waals surface area contributed by atoms with Crippen molar-refractivity contribution in [2.45, 2.75) is 31.8 Å². The number of carbonyl (C=O) groups is 1. The molecule has 0 bridgehead atoms. The van der Waals surface area contributed by atoms with Crippen molar-refractivity contribution in [1.82, 2.24) is 19.7 Å². The minimum absolute atomic E-state index is 0. The van der Waals surface area contributed by atoms with Gasteiger partial charge in [0.25, 0.3) is 0 Å². The molecule has 2 heterocycles. The third kappa shape index (κ3) is 5.02. The fourth-order valence-corrected chi connectivity index (χ4v) is 3.56. The standard InChI is InChI=1S/C22H25N5O.ClH/c23-19(12-11-17-7-3-1-4-8-17)22(28)26-14-13-20-24-21(25-27(20)16-15-26)18-9-5-2-6-10-18;/h1-10,19H,11-16,23H2;1H/t19-;/m0./s1. The van der Waals surface area contributed by atoms with E-state index in [-0.39, 0.29) is 18.3 Å². The Labute approximate surface area is 177 Å². The van der Waals surface area contributed by atoms with Gasteiger partial charge < -0.3 is 10.6 Å².